The maximum Gasteiger partial charge on any atom is 0.314 e. The summed E-state index contributed by atoms with van der Waals surface area (Å²) >= 11 is 1.48. The maximum atomic E-state index is 12.6. The standard InChI is InChI=1S/C20H22N2O3S/c1-5-15(14-9-7-6-8-10-14)20(24)25-12(3)17-21-18(23)16-11(2)13(4)26-19(16)22-17/h6-10,12,15H,5H2,1-4H3,(H,21,22,23). The lowest BCUT2D eigenvalue weighted by atomic mass is 9.97. The van der Waals surface area contributed by atoms with E-state index in [4.69, 9.17) is 4.74 Å². The third-order valence-corrected chi connectivity index (χ3v) is 5.73. The molecule has 0 aliphatic carbocycles. The van der Waals surface area contributed by atoms with Gasteiger partial charge in [-0.3, -0.25) is 9.59 Å². The first-order valence-electron chi connectivity index (χ1n) is 8.67. The Morgan fingerprint density at radius 3 is 2.62 bits per heavy atom. The van der Waals surface area contributed by atoms with Gasteiger partial charge in [-0.2, -0.15) is 0 Å². The summed E-state index contributed by atoms with van der Waals surface area (Å²) in [5.41, 5.74) is 1.68. The largest absolute Gasteiger partial charge is 0.454 e. The number of aromatic amines is 1. The Balaban J connectivity index is 1.85. The van der Waals surface area contributed by atoms with Gasteiger partial charge in [-0.1, -0.05) is 37.3 Å². The molecular formula is C20H22N2O3S. The number of carbonyl (C=O) groups is 1. The molecule has 0 spiro atoms. The number of benzene rings is 1. The minimum absolute atomic E-state index is 0.190. The first-order valence-corrected chi connectivity index (χ1v) is 9.49. The minimum Gasteiger partial charge on any atom is -0.454 e. The second-order valence-corrected chi connectivity index (χ2v) is 7.57. The van der Waals surface area contributed by atoms with Crippen LogP contribution in [-0.2, 0) is 9.53 Å². The first kappa shape index (κ1) is 18.3. The Kier molecular flexibility index (Phi) is 5.23. The number of rotatable bonds is 5. The van der Waals surface area contributed by atoms with E-state index in [-0.39, 0.29) is 17.4 Å². The van der Waals surface area contributed by atoms with Gasteiger partial charge in [0, 0.05) is 4.88 Å². The summed E-state index contributed by atoms with van der Waals surface area (Å²) in [5, 5.41) is 0.616. The highest BCUT2D eigenvalue weighted by atomic mass is 32.1. The van der Waals surface area contributed by atoms with Crippen molar-refractivity contribution < 1.29 is 9.53 Å². The van der Waals surface area contributed by atoms with Crippen molar-refractivity contribution in [1.82, 2.24) is 9.97 Å². The Morgan fingerprint density at radius 1 is 1.27 bits per heavy atom. The molecule has 2 unspecified atom stereocenters. The lowest BCUT2D eigenvalue weighted by Gasteiger charge is -2.18. The molecule has 0 saturated carbocycles. The van der Waals surface area contributed by atoms with Crippen molar-refractivity contribution in [2.24, 2.45) is 0 Å². The van der Waals surface area contributed by atoms with Crippen LogP contribution in [0.25, 0.3) is 10.2 Å². The average molecular weight is 370 g/mol. The number of ether oxygens (including phenoxy) is 1. The third-order valence-electron chi connectivity index (χ3n) is 4.63. The molecule has 0 radical (unpaired) electrons. The summed E-state index contributed by atoms with van der Waals surface area (Å²) in [5.74, 6) is -0.271. The number of carbonyl (C=O) groups excluding carboxylic acids is 1. The van der Waals surface area contributed by atoms with E-state index in [1.807, 2.05) is 51.1 Å². The van der Waals surface area contributed by atoms with Crippen LogP contribution in [0.1, 0.15) is 54.1 Å². The summed E-state index contributed by atoms with van der Waals surface area (Å²) in [6, 6.07) is 9.57. The van der Waals surface area contributed by atoms with E-state index in [1.54, 1.807) is 6.92 Å². The predicted octanol–water partition coefficient (Wildman–Crippen LogP) is 4.40. The molecule has 3 rings (SSSR count). The zero-order valence-electron chi connectivity index (χ0n) is 15.3. The zero-order valence-corrected chi connectivity index (χ0v) is 16.1. The van der Waals surface area contributed by atoms with Gasteiger partial charge in [0.25, 0.3) is 5.56 Å². The number of nitrogens with zero attached hydrogens (tertiary/aromatic N) is 1. The molecule has 0 fully saturated rings. The van der Waals surface area contributed by atoms with E-state index in [9.17, 15) is 9.59 Å². The quantitative estimate of drug-likeness (QED) is 0.676. The van der Waals surface area contributed by atoms with Gasteiger partial charge in [0.15, 0.2) is 11.9 Å². The SMILES string of the molecule is CCC(C(=O)OC(C)c1nc2sc(C)c(C)c2c(=O)[nH]1)c1ccccc1. The highest BCUT2D eigenvalue weighted by Crippen LogP contribution is 2.28. The van der Waals surface area contributed by atoms with E-state index in [0.717, 1.165) is 16.0 Å². The fourth-order valence-electron chi connectivity index (χ4n) is 3.00. The maximum absolute atomic E-state index is 12.6. The van der Waals surface area contributed by atoms with Gasteiger partial charge in [0.1, 0.15) is 4.83 Å². The highest BCUT2D eigenvalue weighted by Gasteiger charge is 2.24. The molecule has 136 valence electrons. The number of nitrogens with one attached hydrogen (secondary N) is 1. The van der Waals surface area contributed by atoms with Gasteiger partial charge in [-0.25, -0.2) is 4.98 Å². The van der Waals surface area contributed by atoms with Crippen LogP contribution < -0.4 is 5.56 Å². The van der Waals surface area contributed by atoms with Crippen LogP contribution in [0.3, 0.4) is 0 Å². The Bertz CT molecular complexity index is 991. The van der Waals surface area contributed by atoms with Crippen LogP contribution in [0, 0.1) is 13.8 Å². The Hall–Kier alpha value is -2.47. The fraction of sp³-hybridized carbons (Fsp3) is 0.350. The Morgan fingerprint density at radius 2 is 1.96 bits per heavy atom. The van der Waals surface area contributed by atoms with Crippen LogP contribution >= 0.6 is 11.3 Å². The molecule has 2 heterocycles. The monoisotopic (exact) mass is 370 g/mol. The predicted molar refractivity (Wildman–Crippen MR) is 104 cm³/mol. The second-order valence-electron chi connectivity index (χ2n) is 6.37. The van der Waals surface area contributed by atoms with Gasteiger partial charge < -0.3 is 9.72 Å². The van der Waals surface area contributed by atoms with Crippen molar-refractivity contribution in [2.45, 2.75) is 46.1 Å². The van der Waals surface area contributed by atoms with Gasteiger partial charge in [-0.05, 0) is 38.3 Å². The fourth-order valence-corrected chi connectivity index (χ4v) is 4.04. The molecule has 1 N–H and O–H groups in total. The molecule has 0 bridgehead atoms. The van der Waals surface area contributed by atoms with Gasteiger partial charge in [-0.15, -0.1) is 11.3 Å². The average Bonchev–Trinajstić information content (AvgIpc) is 2.91. The molecule has 5 nitrogen and oxygen atoms in total. The number of hydrogen-bond donors (Lipinski definition) is 1. The third kappa shape index (κ3) is 3.42. The first-order chi connectivity index (χ1) is 12.4. The number of aromatic nitrogens is 2. The molecule has 2 aromatic heterocycles. The van der Waals surface area contributed by atoms with Crippen molar-refractivity contribution in [3.05, 3.63) is 62.5 Å². The van der Waals surface area contributed by atoms with Crippen molar-refractivity contribution in [2.75, 3.05) is 0 Å². The molecule has 26 heavy (non-hydrogen) atoms. The number of fused-ring (bicyclic) bond motifs is 1. The summed E-state index contributed by atoms with van der Waals surface area (Å²) in [6.07, 6.45) is 0.0158. The molecule has 1 aromatic carbocycles. The van der Waals surface area contributed by atoms with Gasteiger partial charge >= 0.3 is 5.97 Å². The smallest absolute Gasteiger partial charge is 0.314 e. The number of esters is 1. The summed E-state index contributed by atoms with van der Waals surface area (Å²) < 4.78 is 5.62. The molecule has 0 saturated heterocycles. The van der Waals surface area contributed by atoms with Crippen molar-refractivity contribution in [3.8, 4) is 0 Å². The molecular weight excluding hydrogens is 348 g/mol. The van der Waals surface area contributed by atoms with E-state index in [1.165, 1.54) is 11.3 Å². The van der Waals surface area contributed by atoms with Crippen LogP contribution in [0.15, 0.2) is 35.1 Å². The molecule has 2 atom stereocenters. The van der Waals surface area contributed by atoms with Crippen LogP contribution in [0.2, 0.25) is 0 Å². The van der Waals surface area contributed by atoms with E-state index in [0.29, 0.717) is 22.5 Å². The highest BCUT2D eigenvalue weighted by molar-refractivity contribution is 7.18. The van der Waals surface area contributed by atoms with Gasteiger partial charge in [0.05, 0.1) is 11.3 Å². The van der Waals surface area contributed by atoms with Crippen molar-refractivity contribution >= 4 is 27.5 Å². The lowest BCUT2D eigenvalue weighted by Crippen LogP contribution is -2.20. The van der Waals surface area contributed by atoms with Crippen LogP contribution in [0.4, 0.5) is 0 Å². The van der Waals surface area contributed by atoms with Crippen LogP contribution in [0.5, 0.6) is 0 Å². The molecule has 0 amide bonds. The number of thiophene rings is 1. The molecule has 6 heteroatoms. The van der Waals surface area contributed by atoms with E-state index in [2.05, 4.69) is 9.97 Å². The molecule has 0 aliphatic heterocycles. The second kappa shape index (κ2) is 7.41. The summed E-state index contributed by atoms with van der Waals surface area (Å²) in [7, 11) is 0. The van der Waals surface area contributed by atoms with Gasteiger partial charge in [0.2, 0.25) is 0 Å². The lowest BCUT2D eigenvalue weighted by molar-refractivity contribution is -0.151. The van der Waals surface area contributed by atoms with E-state index < -0.39 is 6.10 Å². The van der Waals surface area contributed by atoms with Crippen LogP contribution in [-0.4, -0.2) is 15.9 Å². The van der Waals surface area contributed by atoms with Crippen molar-refractivity contribution in [3.63, 3.8) is 0 Å². The minimum atomic E-state index is -0.625. The zero-order chi connectivity index (χ0) is 18.8. The summed E-state index contributed by atoms with van der Waals surface area (Å²) in [4.78, 5) is 34.1. The number of aryl methyl sites for hydroxylation is 2. The number of hydrogen-bond acceptors (Lipinski definition) is 5. The van der Waals surface area contributed by atoms with E-state index >= 15 is 0 Å². The normalized spacial score (nSPS) is 13.5. The summed E-state index contributed by atoms with van der Waals surface area (Å²) in [6.45, 7) is 7.57. The molecule has 3 aromatic rings. The van der Waals surface area contributed by atoms with Crippen molar-refractivity contribution in [1.29, 1.82) is 0 Å². The topological polar surface area (TPSA) is 72.0 Å². The molecule has 0 aliphatic rings. The Labute approximate surface area is 156 Å². The number of H-pyrrole nitrogens is 1.